The minimum atomic E-state index is 0.203. The molecule has 0 spiro atoms. The molecule has 1 fully saturated rings. The molecule has 0 atom stereocenters. The van der Waals surface area contributed by atoms with Crippen molar-refractivity contribution in [1.82, 2.24) is 9.88 Å². The lowest BCUT2D eigenvalue weighted by Crippen LogP contribution is -2.49. The number of piperazine rings is 1. The molecular formula is C21H22ClN3OS. The zero-order valence-corrected chi connectivity index (χ0v) is 17.1. The fraction of sp³-hybridized carbons (Fsp3) is 0.333. The summed E-state index contributed by atoms with van der Waals surface area (Å²) in [5, 5.41) is 1.68. The first kappa shape index (κ1) is 18.3. The first-order valence-electron chi connectivity index (χ1n) is 9.15. The van der Waals surface area contributed by atoms with Crippen molar-refractivity contribution in [2.45, 2.75) is 20.3 Å². The van der Waals surface area contributed by atoms with E-state index in [0.29, 0.717) is 11.4 Å². The largest absolute Gasteiger partial charge is 0.345 e. The minimum Gasteiger partial charge on any atom is -0.345 e. The number of hydrogen-bond acceptors (Lipinski definition) is 4. The van der Waals surface area contributed by atoms with Crippen LogP contribution in [0, 0.1) is 13.8 Å². The summed E-state index contributed by atoms with van der Waals surface area (Å²) in [5.41, 5.74) is 4.41. The number of para-hydroxylation sites is 1. The van der Waals surface area contributed by atoms with Crippen LogP contribution in [0.25, 0.3) is 10.2 Å². The number of aryl methyl sites for hydroxylation is 2. The van der Waals surface area contributed by atoms with Crippen LogP contribution in [0.1, 0.15) is 16.7 Å². The van der Waals surface area contributed by atoms with Crippen molar-refractivity contribution < 1.29 is 4.79 Å². The van der Waals surface area contributed by atoms with Crippen LogP contribution >= 0.6 is 22.9 Å². The molecule has 140 valence electrons. The van der Waals surface area contributed by atoms with Gasteiger partial charge in [-0.25, -0.2) is 4.98 Å². The highest BCUT2D eigenvalue weighted by Crippen LogP contribution is 2.33. The third-order valence-electron chi connectivity index (χ3n) is 5.10. The van der Waals surface area contributed by atoms with E-state index in [0.717, 1.165) is 47.1 Å². The summed E-state index contributed by atoms with van der Waals surface area (Å²) in [6, 6.07) is 12.2. The van der Waals surface area contributed by atoms with Crippen LogP contribution in [0.4, 0.5) is 5.13 Å². The van der Waals surface area contributed by atoms with Crippen molar-refractivity contribution in [3.05, 3.63) is 58.1 Å². The molecule has 0 N–H and O–H groups in total. The van der Waals surface area contributed by atoms with Crippen molar-refractivity contribution in [2.24, 2.45) is 0 Å². The van der Waals surface area contributed by atoms with Crippen LogP contribution in [-0.4, -0.2) is 42.0 Å². The Kier molecular flexibility index (Phi) is 5.06. The second-order valence-electron chi connectivity index (χ2n) is 7.06. The van der Waals surface area contributed by atoms with Crippen molar-refractivity contribution >= 4 is 44.2 Å². The van der Waals surface area contributed by atoms with E-state index in [9.17, 15) is 4.79 Å². The second kappa shape index (κ2) is 7.49. The molecule has 1 aromatic heterocycles. The van der Waals surface area contributed by atoms with Gasteiger partial charge < -0.3 is 9.80 Å². The van der Waals surface area contributed by atoms with Crippen molar-refractivity contribution in [3.63, 3.8) is 0 Å². The van der Waals surface area contributed by atoms with E-state index in [4.69, 9.17) is 16.6 Å². The molecule has 0 bridgehead atoms. The molecule has 1 amide bonds. The molecule has 1 aliphatic rings. The Morgan fingerprint density at radius 3 is 2.63 bits per heavy atom. The number of carbonyl (C=O) groups is 1. The maximum absolute atomic E-state index is 12.7. The molecule has 6 heteroatoms. The van der Waals surface area contributed by atoms with Gasteiger partial charge in [-0.15, -0.1) is 0 Å². The third kappa shape index (κ3) is 3.80. The highest BCUT2D eigenvalue weighted by molar-refractivity contribution is 7.22. The summed E-state index contributed by atoms with van der Waals surface area (Å²) in [5.74, 6) is 0.203. The standard InChI is InChI=1S/C21H22ClN3OS/c1-14-6-7-16(15(2)12-14)13-19(26)24-8-10-25(11-9-24)21-23-20-17(22)4-3-5-18(20)27-21/h3-7,12H,8-11,13H2,1-2H3. The van der Waals surface area contributed by atoms with Crippen molar-refractivity contribution in [2.75, 3.05) is 31.1 Å². The van der Waals surface area contributed by atoms with E-state index in [1.807, 2.05) is 23.1 Å². The Labute approximate surface area is 168 Å². The van der Waals surface area contributed by atoms with Gasteiger partial charge in [-0.1, -0.05) is 52.8 Å². The summed E-state index contributed by atoms with van der Waals surface area (Å²) in [4.78, 5) is 21.6. The zero-order valence-electron chi connectivity index (χ0n) is 15.5. The van der Waals surface area contributed by atoms with Gasteiger partial charge >= 0.3 is 0 Å². The first-order chi connectivity index (χ1) is 13.0. The van der Waals surface area contributed by atoms with Crippen LogP contribution in [0.15, 0.2) is 36.4 Å². The minimum absolute atomic E-state index is 0.203. The summed E-state index contributed by atoms with van der Waals surface area (Å²) >= 11 is 7.91. The fourth-order valence-electron chi connectivity index (χ4n) is 3.50. The predicted molar refractivity (Wildman–Crippen MR) is 113 cm³/mol. The van der Waals surface area contributed by atoms with Gasteiger partial charge in [0, 0.05) is 26.2 Å². The Morgan fingerprint density at radius 1 is 1.15 bits per heavy atom. The number of rotatable bonds is 3. The average Bonchev–Trinajstić information content (AvgIpc) is 3.10. The van der Waals surface area contributed by atoms with Crippen LogP contribution in [0.2, 0.25) is 5.02 Å². The van der Waals surface area contributed by atoms with Gasteiger partial charge in [0.1, 0.15) is 5.52 Å². The Bertz CT molecular complexity index is 992. The Hall–Kier alpha value is -2.11. The molecule has 1 saturated heterocycles. The van der Waals surface area contributed by atoms with E-state index in [1.54, 1.807) is 11.3 Å². The van der Waals surface area contributed by atoms with E-state index in [2.05, 4.69) is 36.9 Å². The normalized spacial score (nSPS) is 14.8. The number of benzene rings is 2. The molecular weight excluding hydrogens is 378 g/mol. The number of hydrogen-bond donors (Lipinski definition) is 0. The maximum Gasteiger partial charge on any atom is 0.227 e. The number of halogens is 1. The zero-order chi connectivity index (χ0) is 19.0. The van der Waals surface area contributed by atoms with E-state index in [-0.39, 0.29) is 5.91 Å². The summed E-state index contributed by atoms with van der Waals surface area (Å²) in [7, 11) is 0. The molecule has 2 heterocycles. The highest BCUT2D eigenvalue weighted by Gasteiger charge is 2.23. The lowest BCUT2D eigenvalue weighted by atomic mass is 10.0. The molecule has 27 heavy (non-hydrogen) atoms. The molecule has 3 aromatic rings. The SMILES string of the molecule is Cc1ccc(CC(=O)N2CCN(c3nc4c(Cl)cccc4s3)CC2)c(C)c1. The summed E-state index contributed by atoms with van der Waals surface area (Å²) in [6.07, 6.45) is 0.475. The van der Waals surface area contributed by atoms with Gasteiger partial charge in [0.05, 0.1) is 16.1 Å². The predicted octanol–water partition coefficient (Wildman–Crippen LogP) is 4.46. The Balaban J connectivity index is 1.40. The van der Waals surface area contributed by atoms with Crippen LogP contribution in [0.5, 0.6) is 0 Å². The lowest BCUT2D eigenvalue weighted by molar-refractivity contribution is -0.130. The average molecular weight is 400 g/mol. The molecule has 2 aromatic carbocycles. The molecule has 1 aliphatic heterocycles. The van der Waals surface area contributed by atoms with Crippen molar-refractivity contribution in [3.8, 4) is 0 Å². The second-order valence-corrected chi connectivity index (χ2v) is 8.47. The molecule has 0 radical (unpaired) electrons. The summed E-state index contributed by atoms with van der Waals surface area (Å²) < 4.78 is 1.10. The van der Waals surface area contributed by atoms with Crippen molar-refractivity contribution in [1.29, 1.82) is 0 Å². The van der Waals surface area contributed by atoms with E-state index >= 15 is 0 Å². The number of thiazole rings is 1. The molecule has 0 saturated carbocycles. The number of amides is 1. The molecule has 0 aliphatic carbocycles. The highest BCUT2D eigenvalue weighted by atomic mass is 35.5. The summed E-state index contributed by atoms with van der Waals surface area (Å²) in [6.45, 7) is 7.21. The van der Waals surface area contributed by atoms with E-state index in [1.165, 1.54) is 11.1 Å². The smallest absolute Gasteiger partial charge is 0.227 e. The monoisotopic (exact) mass is 399 g/mol. The van der Waals surface area contributed by atoms with Gasteiger partial charge in [0.25, 0.3) is 0 Å². The van der Waals surface area contributed by atoms with Crippen LogP contribution < -0.4 is 4.90 Å². The van der Waals surface area contributed by atoms with E-state index < -0.39 is 0 Å². The van der Waals surface area contributed by atoms with Gasteiger partial charge in [-0.2, -0.15) is 0 Å². The molecule has 4 rings (SSSR count). The number of nitrogens with zero attached hydrogens (tertiary/aromatic N) is 3. The van der Waals surface area contributed by atoms with Gasteiger partial charge in [0.15, 0.2) is 5.13 Å². The fourth-order valence-corrected chi connectivity index (χ4v) is 4.82. The first-order valence-corrected chi connectivity index (χ1v) is 10.3. The number of aromatic nitrogens is 1. The number of anilines is 1. The van der Waals surface area contributed by atoms with Crippen LogP contribution in [-0.2, 0) is 11.2 Å². The Morgan fingerprint density at radius 2 is 1.93 bits per heavy atom. The number of carbonyl (C=O) groups excluding carboxylic acids is 1. The third-order valence-corrected chi connectivity index (χ3v) is 6.49. The number of fused-ring (bicyclic) bond motifs is 1. The van der Waals surface area contributed by atoms with Crippen LogP contribution in [0.3, 0.4) is 0 Å². The molecule has 4 nitrogen and oxygen atoms in total. The maximum atomic E-state index is 12.7. The lowest BCUT2D eigenvalue weighted by Gasteiger charge is -2.34. The van der Waals surface area contributed by atoms with Gasteiger partial charge in [0.2, 0.25) is 5.91 Å². The quantitative estimate of drug-likeness (QED) is 0.652. The van der Waals surface area contributed by atoms with Gasteiger partial charge in [-0.05, 0) is 37.1 Å². The van der Waals surface area contributed by atoms with Gasteiger partial charge in [-0.3, -0.25) is 4.79 Å². The topological polar surface area (TPSA) is 36.4 Å². The molecule has 0 unspecified atom stereocenters.